The van der Waals surface area contributed by atoms with E-state index in [0.717, 1.165) is 0 Å². The Kier molecular flexibility index (Phi) is 2.99. The monoisotopic (exact) mass is 274 g/mol. The standard InChI is InChI=1S/C12H14N6O2/c1-18-11-7(5-15-18)10(13)16-12(17-11)14-6-8(19)9-3-2-4-20-9/h2-5,8,19H,6H2,1H3,(H3,13,14,16,17). The quantitative estimate of drug-likeness (QED) is 0.640. The Hall–Kier alpha value is -2.61. The van der Waals surface area contributed by atoms with Crippen molar-refractivity contribution >= 4 is 22.8 Å². The Labute approximate surface area is 114 Å². The van der Waals surface area contributed by atoms with Gasteiger partial charge in [0, 0.05) is 7.05 Å². The molecule has 0 aliphatic carbocycles. The van der Waals surface area contributed by atoms with E-state index in [4.69, 9.17) is 10.2 Å². The molecule has 4 N–H and O–H groups in total. The van der Waals surface area contributed by atoms with Gasteiger partial charge in [0.1, 0.15) is 17.7 Å². The topological polar surface area (TPSA) is 115 Å². The number of aryl methyl sites for hydroxylation is 1. The van der Waals surface area contributed by atoms with Crippen molar-refractivity contribution in [2.45, 2.75) is 6.10 Å². The van der Waals surface area contributed by atoms with Crippen molar-refractivity contribution < 1.29 is 9.52 Å². The number of fused-ring (bicyclic) bond motifs is 1. The smallest absolute Gasteiger partial charge is 0.226 e. The van der Waals surface area contributed by atoms with Gasteiger partial charge in [0.2, 0.25) is 5.95 Å². The summed E-state index contributed by atoms with van der Waals surface area (Å²) in [6.45, 7) is 0.219. The molecular weight excluding hydrogens is 260 g/mol. The normalized spacial score (nSPS) is 12.7. The minimum Gasteiger partial charge on any atom is -0.467 e. The highest BCUT2D eigenvalue weighted by molar-refractivity contribution is 5.86. The van der Waals surface area contributed by atoms with Gasteiger partial charge in [0.15, 0.2) is 5.65 Å². The Morgan fingerprint density at radius 3 is 3.10 bits per heavy atom. The molecule has 0 spiro atoms. The van der Waals surface area contributed by atoms with Gasteiger partial charge in [0.25, 0.3) is 0 Å². The first-order chi connectivity index (χ1) is 9.65. The van der Waals surface area contributed by atoms with Crippen LogP contribution in [0, 0.1) is 0 Å². The summed E-state index contributed by atoms with van der Waals surface area (Å²) >= 11 is 0. The van der Waals surface area contributed by atoms with Gasteiger partial charge < -0.3 is 20.6 Å². The lowest BCUT2D eigenvalue weighted by molar-refractivity contribution is 0.162. The molecule has 0 saturated heterocycles. The van der Waals surface area contributed by atoms with Crippen LogP contribution in [0.15, 0.2) is 29.0 Å². The maximum Gasteiger partial charge on any atom is 0.226 e. The molecule has 0 bridgehead atoms. The van der Waals surface area contributed by atoms with Crippen molar-refractivity contribution in [3.05, 3.63) is 30.4 Å². The van der Waals surface area contributed by atoms with Crippen LogP contribution in [0.5, 0.6) is 0 Å². The molecule has 0 radical (unpaired) electrons. The molecule has 3 aromatic heterocycles. The van der Waals surface area contributed by atoms with E-state index in [-0.39, 0.29) is 6.54 Å². The Balaban J connectivity index is 1.79. The fraction of sp³-hybridized carbons (Fsp3) is 0.250. The van der Waals surface area contributed by atoms with Gasteiger partial charge >= 0.3 is 0 Å². The van der Waals surface area contributed by atoms with Crippen LogP contribution in [0.4, 0.5) is 11.8 Å². The largest absolute Gasteiger partial charge is 0.467 e. The first-order valence-corrected chi connectivity index (χ1v) is 6.05. The zero-order valence-electron chi connectivity index (χ0n) is 10.8. The summed E-state index contributed by atoms with van der Waals surface area (Å²) in [5.74, 6) is 1.16. The molecule has 0 saturated carbocycles. The summed E-state index contributed by atoms with van der Waals surface area (Å²) in [5, 5.41) is 17.6. The molecule has 20 heavy (non-hydrogen) atoms. The molecule has 104 valence electrons. The third-order valence-electron chi connectivity index (χ3n) is 2.95. The van der Waals surface area contributed by atoms with E-state index in [9.17, 15) is 5.11 Å². The molecule has 0 amide bonds. The molecule has 3 rings (SSSR count). The number of aromatic nitrogens is 4. The van der Waals surface area contributed by atoms with E-state index < -0.39 is 6.10 Å². The van der Waals surface area contributed by atoms with Crippen LogP contribution in [0.1, 0.15) is 11.9 Å². The number of furan rings is 1. The van der Waals surface area contributed by atoms with Gasteiger partial charge in [0.05, 0.1) is 24.4 Å². The Bertz CT molecular complexity index is 721. The minimum absolute atomic E-state index is 0.219. The van der Waals surface area contributed by atoms with Crippen LogP contribution in [0.2, 0.25) is 0 Å². The number of rotatable bonds is 4. The average molecular weight is 274 g/mol. The van der Waals surface area contributed by atoms with Gasteiger partial charge in [-0.1, -0.05) is 0 Å². The average Bonchev–Trinajstić information content (AvgIpc) is 3.07. The van der Waals surface area contributed by atoms with Crippen molar-refractivity contribution in [1.82, 2.24) is 19.7 Å². The number of hydrogen-bond donors (Lipinski definition) is 3. The SMILES string of the molecule is Cn1ncc2c(N)nc(NCC(O)c3ccco3)nc21. The second kappa shape index (κ2) is 4.82. The summed E-state index contributed by atoms with van der Waals surface area (Å²) in [5.41, 5.74) is 6.48. The minimum atomic E-state index is -0.781. The first-order valence-electron chi connectivity index (χ1n) is 6.05. The van der Waals surface area contributed by atoms with Crippen molar-refractivity contribution in [1.29, 1.82) is 0 Å². The Morgan fingerprint density at radius 2 is 2.35 bits per heavy atom. The lowest BCUT2D eigenvalue weighted by Gasteiger charge is -2.10. The van der Waals surface area contributed by atoms with E-state index in [1.807, 2.05) is 0 Å². The second-order valence-electron chi connectivity index (χ2n) is 4.35. The van der Waals surface area contributed by atoms with E-state index in [1.54, 1.807) is 30.1 Å². The maximum absolute atomic E-state index is 9.91. The molecule has 0 fully saturated rings. The van der Waals surface area contributed by atoms with E-state index in [1.165, 1.54) is 6.26 Å². The highest BCUT2D eigenvalue weighted by Gasteiger charge is 2.13. The van der Waals surface area contributed by atoms with Crippen molar-refractivity contribution in [2.24, 2.45) is 7.05 Å². The molecule has 3 heterocycles. The molecule has 1 atom stereocenters. The van der Waals surface area contributed by atoms with Crippen LogP contribution in [-0.4, -0.2) is 31.4 Å². The van der Waals surface area contributed by atoms with Crippen molar-refractivity contribution in [3.8, 4) is 0 Å². The number of anilines is 2. The highest BCUT2D eigenvalue weighted by Crippen LogP contribution is 2.19. The Morgan fingerprint density at radius 1 is 1.50 bits per heavy atom. The van der Waals surface area contributed by atoms with Crippen LogP contribution in [-0.2, 0) is 7.05 Å². The fourth-order valence-electron chi connectivity index (χ4n) is 1.89. The number of nitrogens with zero attached hydrogens (tertiary/aromatic N) is 4. The predicted molar refractivity (Wildman–Crippen MR) is 72.9 cm³/mol. The maximum atomic E-state index is 9.91. The number of nitrogens with one attached hydrogen (secondary N) is 1. The molecule has 0 aliphatic heterocycles. The summed E-state index contributed by atoms with van der Waals surface area (Å²) in [4.78, 5) is 8.43. The third kappa shape index (κ3) is 2.16. The van der Waals surface area contributed by atoms with Crippen LogP contribution >= 0.6 is 0 Å². The van der Waals surface area contributed by atoms with Crippen molar-refractivity contribution in [3.63, 3.8) is 0 Å². The fourth-order valence-corrected chi connectivity index (χ4v) is 1.89. The van der Waals surface area contributed by atoms with Crippen LogP contribution in [0.25, 0.3) is 11.0 Å². The highest BCUT2D eigenvalue weighted by atomic mass is 16.4. The number of nitrogens with two attached hydrogens (primary N) is 1. The number of nitrogen functional groups attached to an aromatic ring is 1. The number of aliphatic hydroxyl groups is 1. The van der Waals surface area contributed by atoms with Gasteiger partial charge in [-0.15, -0.1) is 0 Å². The second-order valence-corrected chi connectivity index (χ2v) is 4.35. The summed E-state index contributed by atoms with van der Waals surface area (Å²) in [6.07, 6.45) is 2.35. The number of hydrogen-bond acceptors (Lipinski definition) is 7. The molecular formula is C12H14N6O2. The van der Waals surface area contributed by atoms with E-state index in [2.05, 4.69) is 20.4 Å². The zero-order valence-corrected chi connectivity index (χ0v) is 10.8. The van der Waals surface area contributed by atoms with Crippen LogP contribution in [0.3, 0.4) is 0 Å². The van der Waals surface area contributed by atoms with Gasteiger partial charge in [-0.3, -0.25) is 4.68 Å². The van der Waals surface area contributed by atoms with Gasteiger partial charge in [-0.25, -0.2) is 0 Å². The van der Waals surface area contributed by atoms with Gasteiger partial charge in [-0.2, -0.15) is 15.1 Å². The number of aliphatic hydroxyl groups excluding tert-OH is 1. The molecule has 0 aromatic carbocycles. The lowest BCUT2D eigenvalue weighted by Crippen LogP contribution is -2.14. The summed E-state index contributed by atoms with van der Waals surface area (Å²) < 4.78 is 6.73. The van der Waals surface area contributed by atoms with Crippen molar-refractivity contribution in [2.75, 3.05) is 17.6 Å². The lowest BCUT2D eigenvalue weighted by atomic mass is 10.3. The summed E-state index contributed by atoms with van der Waals surface area (Å²) in [7, 11) is 1.77. The molecule has 8 nitrogen and oxygen atoms in total. The van der Waals surface area contributed by atoms with E-state index in [0.29, 0.717) is 28.6 Å². The molecule has 1 unspecified atom stereocenters. The zero-order chi connectivity index (χ0) is 14.1. The predicted octanol–water partition coefficient (Wildman–Crippen LogP) is 0.684. The van der Waals surface area contributed by atoms with Crippen LogP contribution < -0.4 is 11.1 Å². The van der Waals surface area contributed by atoms with Gasteiger partial charge in [-0.05, 0) is 12.1 Å². The first kappa shape index (κ1) is 12.4. The summed E-state index contributed by atoms with van der Waals surface area (Å²) in [6, 6.07) is 3.42. The molecule has 0 aliphatic rings. The third-order valence-corrected chi connectivity index (χ3v) is 2.95. The van der Waals surface area contributed by atoms with E-state index >= 15 is 0 Å². The molecule has 8 heteroatoms. The molecule has 3 aromatic rings.